The quantitative estimate of drug-likeness (QED) is 0.310. The maximum absolute atomic E-state index is 12.6. The Labute approximate surface area is 175 Å². The molecular formula is C20H15N5O5S. The van der Waals surface area contributed by atoms with E-state index < -0.39 is 20.9 Å². The van der Waals surface area contributed by atoms with E-state index in [0.717, 1.165) is 0 Å². The highest BCUT2D eigenvalue weighted by atomic mass is 32.2. The molecule has 0 radical (unpaired) electrons. The maximum Gasteiger partial charge on any atom is 0.269 e. The number of aromatic nitrogens is 2. The molecule has 0 aliphatic heterocycles. The van der Waals surface area contributed by atoms with Crippen molar-refractivity contribution in [1.29, 1.82) is 0 Å². The van der Waals surface area contributed by atoms with Crippen LogP contribution < -0.4 is 10.5 Å². The Hall–Kier alpha value is -4.25. The molecule has 0 aliphatic rings. The number of anilines is 1. The highest BCUT2D eigenvalue weighted by molar-refractivity contribution is 7.92. The zero-order valence-corrected chi connectivity index (χ0v) is 16.6. The number of nitrogens with one attached hydrogen (secondary N) is 2. The minimum absolute atomic E-state index is 0.0155. The summed E-state index contributed by atoms with van der Waals surface area (Å²) in [7, 11) is -3.89. The summed E-state index contributed by atoms with van der Waals surface area (Å²) in [6.45, 7) is 0. The lowest BCUT2D eigenvalue weighted by atomic mass is 10.2. The lowest BCUT2D eigenvalue weighted by molar-refractivity contribution is -0.384. The molecule has 0 spiro atoms. The van der Waals surface area contributed by atoms with E-state index in [1.54, 1.807) is 30.3 Å². The fourth-order valence-corrected chi connectivity index (χ4v) is 4.01. The number of nitrogens with two attached hydrogens (primary N) is 1. The number of imidazole rings is 1. The molecule has 1 amide bonds. The number of nitro benzene ring substituents is 1. The number of primary amides is 1. The first kappa shape index (κ1) is 20.0. The van der Waals surface area contributed by atoms with Crippen LogP contribution >= 0.6 is 0 Å². The summed E-state index contributed by atoms with van der Waals surface area (Å²) in [5.74, 6) is -0.0505. The Morgan fingerprint density at radius 1 is 1.03 bits per heavy atom. The molecule has 0 saturated carbocycles. The number of H-pyrrole nitrogens is 1. The number of benzene rings is 3. The van der Waals surface area contributed by atoms with E-state index >= 15 is 0 Å². The number of nitrogens with zero attached hydrogens (tertiary/aromatic N) is 2. The van der Waals surface area contributed by atoms with Gasteiger partial charge in [0.25, 0.3) is 15.7 Å². The molecule has 1 aromatic heterocycles. The van der Waals surface area contributed by atoms with Crippen LogP contribution in [-0.2, 0) is 10.0 Å². The predicted molar refractivity (Wildman–Crippen MR) is 114 cm³/mol. The summed E-state index contributed by atoms with van der Waals surface area (Å²) in [6.07, 6.45) is 0. The number of carbonyl (C=O) groups is 1. The lowest BCUT2D eigenvalue weighted by Crippen LogP contribution is -2.12. The number of hydrogen-bond donors (Lipinski definition) is 3. The molecule has 1 heterocycles. The summed E-state index contributed by atoms with van der Waals surface area (Å²) in [6, 6.07) is 16.0. The Morgan fingerprint density at radius 3 is 2.32 bits per heavy atom. The van der Waals surface area contributed by atoms with Crippen molar-refractivity contribution in [2.24, 2.45) is 5.73 Å². The average molecular weight is 437 g/mol. The molecule has 11 heteroatoms. The number of hydrogen-bond acceptors (Lipinski definition) is 6. The first-order valence-electron chi connectivity index (χ1n) is 8.90. The van der Waals surface area contributed by atoms with Crippen molar-refractivity contribution in [3.63, 3.8) is 0 Å². The second-order valence-electron chi connectivity index (χ2n) is 6.62. The number of fused-ring (bicyclic) bond motifs is 1. The topological polar surface area (TPSA) is 161 Å². The van der Waals surface area contributed by atoms with Crippen LogP contribution in [0.1, 0.15) is 10.4 Å². The van der Waals surface area contributed by atoms with E-state index in [4.69, 9.17) is 5.73 Å². The van der Waals surface area contributed by atoms with Crippen LogP contribution in [-0.4, -0.2) is 29.2 Å². The van der Waals surface area contributed by atoms with Gasteiger partial charge in [-0.15, -0.1) is 0 Å². The van der Waals surface area contributed by atoms with Gasteiger partial charge >= 0.3 is 0 Å². The molecule has 10 nitrogen and oxygen atoms in total. The van der Waals surface area contributed by atoms with Crippen molar-refractivity contribution in [2.75, 3.05) is 4.72 Å². The second-order valence-corrected chi connectivity index (χ2v) is 8.30. The molecule has 0 bridgehead atoms. The van der Waals surface area contributed by atoms with Gasteiger partial charge in [0.05, 0.1) is 20.9 Å². The van der Waals surface area contributed by atoms with Gasteiger partial charge in [-0.05, 0) is 54.6 Å². The molecule has 31 heavy (non-hydrogen) atoms. The van der Waals surface area contributed by atoms with Gasteiger partial charge in [-0.3, -0.25) is 19.6 Å². The van der Waals surface area contributed by atoms with Gasteiger partial charge in [0.1, 0.15) is 5.82 Å². The van der Waals surface area contributed by atoms with Crippen LogP contribution in [0.25, 0.3) is 22.4 Å². The summed E-state index contributed by atoms with van der Waals surface area (Å²) in [5.41, 5.74) is 7.60. The normalized spacial score (nSPS) is 11.4. The van der Waals surface area contributed by atoms with Gasteiger partial charge in [0.2, 0.25) is 5.91 Å². The van der Waals surface area contributed by atoms with Gasteiger partial charge in [-0.2, -0.15) is 0 Å². The third-order valence-corrected chi connectivity index (χ3v) is 5.93. The van der Waals surface area contributed by atoms with Crippen molar-refractivity contribution in [3.05, 3.63) is 82.4 Å². The summed E-state index contributed by atoms with van der Waals surface area (Å²) in [4.78, 5) is 29.0. The number of sulfonamides is 1. The van der Waals surface area contributed by atoms with Crippen molar-refractivity contribution >= 4 is 38.3 Å². The predicted octanol–water partition coefficient (Wildman–Crippen LogP) is 3.04. The van der Waals surface area contributed by atoms with E-state index in [9.17, 15) is 23.3 Å². The number of aromatic amines is 1. The van der Waals surface area contributed by atoms with E-state index in [1.807, 2.05) is 0 Å². The van der Waals surface area contributed by atoms with E-state index in [1.165, 1.54) is 36.4 Å². The summed E-state index contributed by atoms with van der Waals surface area (Å²) in [5, 5.41) is 10.7. The Kier molecular flexibility index (Phi) is 4.87. The standard InChI is InChI=1S/C20H15N5O5S/c21-19(26)13-3-10-17-18(11-13)23-20(22-17)12-1-8-16(9-2-12)31(29,30)24-14-4-6-15(7-5-14)25(27)28/h1-11,24H,(H2,21,26)(H,22,23). The number of amides is 1. The SMILES string of the molecule is NC(=O)c1ccc2[nH]c(-c3ccc(S(=O)(=O)Nc4ccc([N+](=O)[O-])cc4)cc3)nc2c1. The minimum atomic E-state index is -3.89. The Balaban J connectivity index is 1.57. The van der Waals surface area contributed by atoms with E-state index in [-0.39, 0.29) is 16.3 Å². The lowest BCUT2D eigenvalue weighted by Gasteiger charge is -2.08. The van der Waals surface area contributed by atoms with E-state index in [2.05, 4.69) is 14.7 Å². The Bertz CT molecular complexity index is 1410. The van der Waals surface area contributed by atoms with Gasteiger partial charge in [-0.25, -0.2) is 13.4 Å². The molecule has 4 rings (SSSR count). The van der Waals surface area contributed by atoms with Gasteiger partial charge in [-0.1, -0.05) is 0 Å². The highest BCUT2D eigenvalue weighted by Crippen LogP contribution is 2.24. The number of rotatable bonds is 6. The van der Waals surface area contributed by atoms with Crippen LogP contribution in [0.15, 0.2) is 71.6 Å². The van der Waals surface area contributed by atoms with Gasteiger partial charge in [0.15, 0.2) is 0 Å². The molecule has 0 atom stereocenters. The van der Waals surface area contributed by atoms with E-state index in [0.29, 0.717) is 28.0 Å². The molecule has 3 aromatic carbocycles. The van der Waals surface area contributed by atoms with Crippen molar-refractivity contribution in [3.8, 4) is 11.4 Å². The smallest absolute Gasteiger partial charge is 0.269 e. The summed E-state index contributed by atoms with van der Waals surface area (Å²) >= 11 is 0. The minimum Gasteiger partial charge on any atom is -0.366 e. The average Bonchev–Trinajstić information content (AvgIpc) is 3.17. The molecule has 4 N–H and O–H groups in total. The molecule has 0 aliphatic carbocycles. The zero-order chi connectivity index (χ0) is 22.2. The number of carbonyl (C=O) groups excluding carboxylic acids is 1. The summed E-state index contributed by atoms with van der Waals surface area (Å²) < 4.78 is 27.6. The molecular weight excluding hydrogens is 422 g/mol. The largest absolute Gasteiger partial charge is 0.366 e. The van der Waals surface area contributed by atoms with Gasteiger partial charge < -0.3 is 10.7 Å². The second kappa shape index (κ2) is 7.54. The molecule has 156 valence electrons. The molecule has 0 fully saturated rings. The monoisotopic (exact) mass is 437 g/mol. The van der Waals surface area contributed by atoms with Crippen LogP contribution in [0.3, 0.4) is 0 Å². The highest BCUT2D eigenvalue weighted by Gasteiger charge is 2.16. The third kappa shape index (κ3) is 4.07. The number of non-ortho nitro benzene ring substituents is 1. The van der Waals surface area contributed by atoms with Crippen molar-refractivity contribution in [1.82, 2.24) is 9.97 Å². The maximum atomic E-state index is 12.6. The van der Waals surface area contributed by atoms with Crippen LogP contribution in [0.2, 0.25) is 0 Å². The van der Waals surface area contributed by atoms with Crippen molar-refractivity contribution in [2.45, 2.75) is 4.90 Å². The zero-order valence-electron chi connectivity index (χ0n) is 15.8. The van der Waals surface area contributed by atoms with Crippen molar-refractivity contribution < 1.29 is 18.1 Å². The first-order chi connectivity index (χ1) is 14.7. The molecule has 4 aromatic rings. The van der Waals surface area contributed by atoms with Gasteiger partial charge in [0, 0.05) is 28.9 Å². The molecule has 0 unspecified atom stereocenters. The van der Waals surface area contributed by atoms with Crippen LogP contribution in [0.5, 0.6) is 0 Å². The van der Waals surface area contributed by atoms with Crippen LogP contribution in [0.4, 0.5) is 11.4 Å². The fraction of sp³-hybridized carbons (Fsp3) is 0. The fourth-order valence-electron chi connectivity index (χ4n) is 2.95. The van der Waals surface area contributed by atoms with Crippen LogP contribution in [0, 0.1) is 10.1 Å². The number of nitro groups is 1. The Morgan fingerprint density at radius 2 is 1.71 bits per heavy atom. The molecule has 0 saturated heterocycles. The third-order valence-electron chi connectivity index (χ3n) is 4.54. The first-order valence-corrected chi connectivity index (χ1v) is 10.4.